The van der Waals surface area contributed by atoms with Gasteiger partial charge in [-0.2, -0.15) is 0 Å². The molecule has 1 aromatic heterocycles. The monoisotopic (exact) mass is 226 g/mol. The first kappa shape index (κ1) is 11.6. The van der Waals surface area contributed by atoms with Crippen LogP contribution in [-0.4, -0.2) is 32.1 Å². The van der Waals surface area contributed by atoms with Crippen LogP contribution in [0, 0.1) is 10.1 Å². The van der Waals surface area contributed by atoms with Crippen molar-refractivity contribution in [3.05, 3.63) is 33.6 Å². The summed E-state index contributed by atoms with van der Waals surface area (Å²) < 4.78 is 0. The molecule has 0 spiro atoms. The average Bonchev–Trinajstić information content (AvgIpc) is 2.16. The summed E-state index contributed by atoms with van der Waals surface area (Å²) in [7, 11) is 0. The Labute approximate surface area is 88.3 Å². The van der Waals surface area contributed by atoms with Crippen LogP contribution >= 0.6 is 0 Å². The lowest BCUT2D eigenvalue weighted by Crippen LogP contribution is -2.10. The van der Waals surface area contributed by atoms with E-state index in [2.05, 4.69) is 4.98 Å². The molecule has 2 N–H and O–H groups in total. The highest BCUT2D eigenvalue weighted by atomic mass is 16.6. The fraction of sp³-hybridized carbons (Fsp3) is 0.125. The number of aliphatic carboxylic acids is 1. The highest BCUT2D eigenvalue weighted by Gasteiger charge is 2.18. The topological polar surface area (TPSA) is 131 Å². The predicted octanol–water partition coefficient (Wildman–Crippen LogP) is 0.315. The highest BCUT2D eigenvalue weighted by Crippen LogP contribution is 2.15. The van der Waals surface area contributed by atoms with E-state index >= 15 is 0 Å². The van der Waals surface area contributed by atoms with Crippen molar-refractivity contribution in [2.75, 3.05) is 0 Å². The largest absolute Gasteiger partial charge is 0.481 e. The second-order valence-electron chi connectivity index (χ2n) is 2.82. The molecular weight excluding hydrogens is 220 g/mol. The molecule has 0 saturated heterocycles. The van der Waals surface area contributed by atoms with E-state index in [9.17, 15) is 19.7 Å². The van der Waals surface area contributed by atoms with Crippen molar-refractivity contribution in [2.45, 2.75) is 6.42 Å². The predicted molar refractivity (Wildman–Crippen MR) is 49.2 cm³/mol. The average molecular weight is 226 g/mol. The number of pyridine rings is 1. The number of carbonyl (C=O) groups is 2. The van der Waals surface area contributed by atoms with Gasteiger partial charge in [0.25, 0.3) is 5.69 Å². The summed E-state index contributed by atoms with van der Waals surface area (Å²) in [5.41, 5.74) is -1.19. The summed E-state index contributed by atoms with van der Waals surface area (Å²) in [4.78, 5) is 34.1. The summed E-state index contributed by atoms with van der Waals surface area (Å²) in [6.07, 6.45) is 0.227. The molecule has 0 aromatic carbocycles. The Morgan fingerprint density at radius 3 is 2.50 bits per heavy atom. The molecule has 1 aromatic rings. The lowest BCUT2D eigenvalue weighted by atomic mass is 10.1. The Morgan fingerprint density at radius 2 is 2.06 bits per heavy atom. The second-order valence-corrected chi connectivity index (χ2v) is 2.82. The van der Waals surface area contributed by atoms with Crippen molar-refractivity contribution in [2.24, 2.45) is 0 Å². The minimum absolute atomic E-state index is 0.217. The van der Waals surface area contributed by atoms with Gasteiger partial charge in [0.2, 0.25) is 0 Å². The summed E-state index contributed by atoms with van der Waals surface area (Å²) in [6, 6.07) is 0.785. The van der Waals surface area contributed by atoms with Crippen LogP contribution in [0.25, 0.3) is 0 Å². The molecule has 1 rings (SSSR count). The molecular formula is C8H6N2O6. The van der Waals surface area contributed by atoms with Crippen LogP contribution < -0.4 is 0 Å². The first-order chi connectivity index (χ1) is 7.41. The van der Waals surface area contributed by atoms with Gasteiger partial charge in [0, 0.05) is 6.07 Å². The number of carboxylic acids is 2. The summed E-state index contributed by atoms with van der Waals surface area (Å²) in [6.45, 7) is 0. The Bertz CT molecular complexity index is 470. The molecule has 0 amide bonds. The number of aromatic nitrogens is 1. The molecule has 0 aliphatic carbocycles. The summed E-state index contributed by atoms with van der Waals surface area (Å²) >= 11 is 0. The first-order valence-corrected chi connectivity index (χ1v) is 4.00. The molecule has 16 heavy (non-hydrogen) atoms. The number of hydrogen-bond donors (Lipinski definition) is 2. The molecule has 0 unspecified atom stereocenters. The van der Waals surface area contributed by atoms with Crippen molar-refractivity contribution in [3.63, 3.8) is 0 Å². The first-order valence-electron chi connectivity index (χ1n) is 4.00. The lowest BCUT2D eigenvalue weighted by Gasteiger charge is -2.01. The zero-order valence-corrected chi connectivity index (χ0v) is 7.78. The van der Waals surface area contributed by atoms with Crippen LogP contribution in [0.15, 0.2) is 12.3 Å². The van der Waals surface area contributed by atoms with E-state index in [1.165, 1.54) is 0 Å². The standard InChI is InChI=1S/C8H6N2O6/c11-7(12)2-6-5(8(13)14)1-4(3-9-6)10(15)16/h1,3H,2H2,(H,11,12)(H,13,14). The zero-order valence-electron chi connectivity index (χ0n) is 7.78. The quantitative estimate of drug-likeness (QED) is 0.558. The van der Waals surface area contributed by atoms with Gasteiger partial charge in [0.1, 0.15) is 6.20 Å². The third kappa shape index (κ3) is 2.50. The van der Waals surface area contributed by atoms with Crippen LogP contribution in [0.3, 0.4) is 0 Å². The van der Waals surface area contributed by atoms with E-state index in [-0.39, 0.29) is 5.69 Å². The van der Waals surface area contributed by atoms with Gasteiger partial charge in [-0.25, -0.2) is 4.79 Å². The van der Waals surface area contributed by atoms with Crippen molar-refractivity contribution in [3.8, 4) is 0 Å². The Morgan fingerprint density at radius 1 is 1.44 bits per heavy atom. The van der Waals surface area contributed by atoms with Crippen LogP contribution in [0.4, 0.5) is 5.69 Å². The molecule has 0 bridgehead atoms. The molecule has 8 nitrogen and oxygen atoms in total. The maximum Gasteiger partial charge on any atom is 0.337 e. The van der Waals surface area contributed by atoms with Gasteiger partial charge in [-0.3, -0.25) is 19.9 Å². The Balaban J connectivity index is 3.24. The van der Waals surface area contributed by atoms with Crippen LogP contribution in [0.1, 0.15) is 16.1 Å². The molecule has 0 aliphatic rings. The third-order valence-corrected chi connectivity index (χ3v) is 1.72. The van der Waals surface area contributed by atoms with E-state index < -0.39 is 34.5 Å². The summed E-state index contributed by atoms with van der Waals surface area (Å²) in [5, 5.41) is 27.6. The van der Waals surface area contributed by atoms with E-state index in [1.807, 2.05) is 0 Å². The Hall–Kier alpha value is -2.51. The Kier molecular flexibility index (Phi) is 3.14. The fourth-order valence-corrected chi connectivity index (χ4v) is 1.05. The number of nitrogens with zero attached hydrogens (tertiary/aromatic N) is 2. The minimum Gasteiger partial charge on any atom is -0.481 e. The fourth-order valence-electron chi connectivity index (χ4n) is 1.05. The third-order valence-electron chi connectivity index (χ3n) is 1.72. The van der Waals surface area contributed by atoms with Gasteiger partial charge < -0.3 is 10.2 Å². The normalized spacial score (nSPS) is 9.75. The maximum absolute atomic E-state index is 10.7. The second kappa shape index (κ2) is 4.34. The van der Waals surface area contributed by atoms with E-state index in [0.717, 1.165) is 12.3 Å². The van der Waals surface area contributed by atoms with Gasteiger partial charge in [-0.05, 0) is 0 Å². The van der Waals surface area contributed by atoms with Gasteiger partial charge in [0.15, 0.2) is 0 Å². The molecule has 0 aliphatic heterocycles. The number of carboxylic acid groups (broad SMARTS) is 2. The van der Waals surface area contributed by atoms with Crippen molar-refractivity contribution >= 4 is 17.6 Å². The van der Waals surface area contributed by atoms with Crippen LogP contribution in [0.2, 0.25) is 0 Å². The van der Waals surface area contributed by atoms with E-state index in [0.29, 0.717) is 0 Å². The van der Waals surface area contributed by atoms with Crippen LogP contribution in [-0.2, 0) is 11.2 Å². The molecule has 84 valence electrons. The molecule has 0 atom stereocenters. The van der Waals surface area contributed by atoms with Gasteiger partial charge in [0.05, 0.1) is 22.6 Å². The minimum atomic E-state index is -1.45. The van der Waals surface area contributed by atoms with Crippen LogP contribution in [0.5, 0.6) is 0 Å². The zero-order chi connectivity index (χ0) is 12.3. The van der Waals surface area contributed by atoms with Crippen molar-refractivity contribution in [1.82, 2.24) is 4.98 Å². The number of nitro groups is 1. The maximum atomic E-state index is 10.7. The molecule has 8 heteroatoms. The SMILES string of the molecule is O=C(O)Cc1ncc([N+](=O)[O-])cc1C(=O)O. The van der Waals surface area contributed by atoms with Crippen molar-refractivity contribution < 1.29 is 24.7 Å². The molecule has 0 saturated carbocycles. The van der Waals surface area contributed by atoms with Gasteiger partial charge >= 0.3 is 11.9 Å². The van der Waals surface area contributed by atoms with Gasteiger partial charge in [-0.15, -0.1) is 0 Å². The lowest BCUT2D eigenvalue weighted by molar-refractivity contribution is -0.385. The highest BCUT2D eigenvalue weighted by molar-refractivity contribution is 5.90. The van der Waals surface area contributed by atoms with E-state index in [1.54, 1.807) is 0 Å². The van der Waals surface area contributed by atoms with Gasteiger partial charge in [-0.1, -0.05) is 0 Å². The number of rotatable bonds is 4. The summed E-state index contributed by atoms with van der Waals surface area (Å²) in [5.74, 6) is -2.71. The number of hydrogen-bond acceptors (Lipinski definition) is 5. The molecule has 0 fully saturated rings. The van der Waals surface area contributed by atoms with Crippen molar-refractivity contribution in [1.29, 1.82) is 0 Å². The number of aromatic carboxylic acids is 1. The molecule has 1 heterocycles. The smallest absolute Gasteiger partial charge is 0.337 e. The molecule has 0 radical (unpaired) electrons. The van der Waals surface area contributed by atoms with E-state index in [4.69, 9.17) is 10.2 Å².